The van der Waals surface area contributed by atoms with Crippen LogP contribution < -0.4 is 0 Å². The minimum absolute atomic E-state index is 0.0812. The Labute approximate surface area is 215 Å². The topological polar surface area (TPSA) is 88.1 Å². The average molecular weight is 503 g/mol. The van der Waals surface area contributed by atoms with E-state index in [1.165, 1.54) is 13.8 Å². The van der Waals surface area contributed by atoms with E-state index < -0.39 is 46.2 Å². The third-order valence-electron chi connectivity index (χ3n) is 8.95. The van der Waals surface area contributed by atoms with Crippen LogP contribution in [0.4, 0.5) is 0 Å². The van der Waals surface area contributed by atoms with Crippen LogP contribution in [0.3, 0.4) is 0 Å². The molecule has 3 aliphatic rings. The van der Waals surface area contributed by atoms with Crippen LogP contribution in [0.25, 0.3) is 0 Å². The predicted octanol–water partition coefficient (Wildman–Crippen LogP) is 5.24. The molecule has 0 radical (unpaired) electrons. The molecule has 0 bridgehead atoms. The number of fused-ring (bicyclic) bond motifs is 2. The third-order valence-corrected chi connectivity index (χ3v) is 8.95. The maximum Gasteiger partial charge on any atom is 0.333 e. The van der Waals surface area contributed by atoms with Gasteiger partial charge in [0, 0.05) is 36.7 Å². The zero-order chi connectivity index (χ0) is 27.1. The summed E-state index contributed by atoms with van der Waals surface area (Å²) in [6.07, 6.45) is 6.80. The molecule has 2 fully saturated rings. The predicted molar refractivity (Wildman–Crippen MR) is 136 cm³/mol. The Morgan fingerprint density at radius 2 is 1.78 bits per heavy atom. The number of hydrogen-bond acceptors (Lipinski definition) is 7. The standard InChI is InChI=1S/C29H42O7/c1-10-18(3)25(32)35-22-16-28(17-33-20(5)30)23(26(7,8)24(22)34-21(6)31)13-12-19(4)29(28)15-14-27(9,11-2)36-29/h10-12,22-24H,2,13-17H2,1,3-9H3. The molecule has 0 N–H and O–H groups in total. The van der Waals surface area contributed by atoms with Crippen molar-refractivity contribution in [1.29, 1.82) is 0 Å². The van der Waals surface area contributed by atoms with Gasteiger partial charge in [-0.2, -0.15) is 0 Å². The summed E-state index contributed by atoms with van der Waals surface area (Å²) in [6.45, 7) is 18.5. The van der Waals surface area contributed by atoms with Crippen molar-refractivity contribution in [1.82, 2.24) is 0 Å². The normalized spacial score (nSPS) is 37.5. The lowest BCUT2D eigenvalue weighted by Gasteiger charge is -2.64. The van der Waals surface area contributed by atoms with Crippen LogP contribution in [0.2, 0.25) is 0 Å². The van der Waals surface area contributed by atoms with Gasteiger partial charge < -0.3 is 18.9 Å². The van der Waals surface area contributed by atoms with Crippen molar-refractivity contribution < 1.29 is 33.3 Å². The molecule has 7 nitrogen and oxygen atoms in total. The Morgan fingerprint density at radius 3 is 2.31 bits per heavy atom. The molecular weight excluding hydrogens is 460 g/mol. The Kier molecular flexibility index (Phi) is 7.67. The molecule has 0 aromatic carbocycles. The molecule has 0 amide bonds. The summed E-state index contributed by atoms with van der Waals surface area (Å²) < 4.78 is 24.7. The first-order chi connectivity index (χ1) is 16.7. The van der Waals surface area contributed by atoms with Gasteiger partial charge in [0.25, 0.3) is 0 Å². The highest BCUT2D eigenvalue weighted by atomic mass is 16.6. The van der Waals surface area contributed by atoms with Crippen LogP contribution in [-0.4, -0.2) is 47.9 Å². The summed E-state index contributed by atoms with van der Waals surface area (Å²) in [4.78, 5) is 37.3. The molecule has 1 spiro atoms. The number of carbonyl (C=O) groups excluding carboxylic acids is 3. The van der Waals surface area contributed by atoms with Gasteiger partial charge in [-0.3, -0.25) is 9.59 Å². The molecule has 3 rings (SSSR count). The van der Waals surface area contributed by atoms with Crippen LogP contribution in [0, 0.1) is 16.7 Å². The van der Waals surface area contributed by atoms with Crippen molar-refractivity contribution in [2.75, 3.05) is 6.61 Å². The first-order valence-corrected chi connectivity index (χ1v) is 12.8. The summed E-state index contributed by atoms with van der Waals surface area (Å²) in [5.74, 6) is -1.36. The number of ether oxygens (including phenoxy) is 4. The van der Waals surface area contributed by atoms with Crippen molar-refractivity contribution >= 4 is 17.9 Å². The summed E-state index contributed by atoms with van der Waals surface area (Å²) in [5, 5.41) is 0. The zero-order valence-corrected chi connectivity index (χ0v) is 23.1. The minimum atomic E-state index is -0.757. The minimum Gasteiger partial charge on any atom is -0.465 e. The molecular formula is C29H42O7. The van der Waals surface area contributed by atoms with Crippen LogP contribution in [-0.2, 0) is 33.3 Å². The Morgan fingerprint density at radius 1 is 1.11 bits per heavy atom. The van der Waals surface area contributed by atoms with Gasteiger partial charge in [-0.05, 0) is 58.4 Å². The van der Waals surface area contributed by atoms with Gasteiger partial charge in [0.1, 0.15) is 18.8 Å². The molecule has 6 unspecified atom stereocenters. The summed E-state index contributed by atoms with van der Waals surface area (Å²) in [5.41, 5.74) is -1.10. The zero-order valence-electron chi connectivity index (χ0n) is 23.1. The van der Waals surface area contributed by atoms with Crippen molar-refractivity contribution in [3.8, 4) is 0 Å². The second-order valence-corrected chi connectivity index (χ2v) is 11.5. The average Bonchev–Trinajstić information content (AvgIpc) is 3.17. The van der Waals surface area contributed by atoms with Crippen molar-refractivity contribution in [3.05, 3.63) is 36.0 Å². The molecule has 7 heteroatoms. The fraction of sp³-hybridized carbons (Fsp3) is 0.690. The molecule has 1 saturated carbocycles. The van der Waals surface area contributed by atoms with E-state index in [4.69, 9.17) is 18.9 Å². The number of carbonyl (C=O) groups is 3. The Balaban J connectivity index is 2.23. The van der Waals surface area contributed by atoms with Gasteiger partial charge in [-0.15, -0.1) is 6.58 Å². The van der Waals surface area contributed by atoms with Crippen LogP contribution in [0.5, 0.6) is 0 Å². The van der Waals surface area contributed by atoms with E-state index >= 15 is 0 Å². The Bertz CT molecular complexity index is 992. The third kappa shape index (κ3) is 4.55. The highest BCUT2D eigenvalue weighted by molar-refractivity contribution is 5.87. The van der Waals surface area contributed by atoms with Gasteiger partial charge in [-0.25, -0.2) is 4.79 Å². The van der Waals surface area contributed by atoms with Gasteiger partial charge in [-0.1, -0.05) is 32.1 Å². The second kappa shape index (κ2) is 9.81. The van der Waals surface area contributed by atoms with E-state index in [9.17, 15) is 14.4 Å². The molecule has 200 valence electrons. The van der Waals surface area contributed by atoms with Crippen LogP contribution in [0.15, 0.2) is 36.0 Å². The van der Waals surface area contributed by atoms with Crippen LogP contribution in [0.1, 0.15) is 81.1 Å². The van der Waals surface area contributed by atoms with Crippen LogP contribution >= 0.6 is 0 Å². The molecule has 36 heavy (non-hydrogen) atoms. The van der Waals surface area contributed by atoms with Gasteiger partial charge in [0.2, 0.25) is 0 Å². The summed E-state index contributed by atoms with van der Waals surface area (Å²) in [6, 6.07) is 0. The maximum atomic E-state index is 13.0. The lowest BCUT2D eigenvalue weighted by Crippen LogP contribution is -2.69. The largest absolute Gasteiger partial charge is 0.465 e. The van der Waals surface area contributed by atoms with Gasteiger partial charge in [0.15, 0.2) is 0 Å². The molecule has 1 aliphatic heterocycles. The molecule has 0 aromatic rings. The SMILES string of the molecule is C=CC1(C)CCC2(O1)C(C)=CCC1C(C)(C)C(OC(C)=O)C(OC(=O)C(C)=CC)CC12COC(C)=O. The van der Waals surface area contributed by atoms with E-state index in [-0.39, 0.29) is 18.5 Å². The second-order valence-electron chi connectivity index (χ2n) is 11.5. The molecule has 2 aliphatic carbocycles. The lowest BCUT2D eigenvalue weighted by atomic mass is 9.44. The fourth-order valence-electron chi connectivity index (χ4n) is 6.89. The number of hydrogen-bond donors (Lipinski definition) is 0. The monoisotopic (exact) mass is 502 g/mol. The lowest BCUT2D eigenvalue weighted by molar-refractivity contribution is -0.257. The van der Waals surface area contributed by atoms with Crippen molar-refractivity contribution in [2.24, 2.45) is 16.7 Å². The first-order valence-electron chi connectivity index (χ1n) is 12.8. The van der Waals surface area contributed by atoms with E-state index in [0.29, 0.717) is 24.8 Å². The van der Waals surface area contributed by atoms with E-state index in [0.717, 1.165) is 12.0 Å². The molecule has 1 saturated heterocycles. The molecule has 0 aromatic heterocycles. The summed E-state index contributed by atoms with van der Waals surface area (Å²) in [7, 11) is 0. The highest BCUT2D eigenvalue weighted by Gasteiger charge is 2.71. The molecule has 1 heterocycles. The van der Waals surface area contributed by atoms with Gasteiger partial charge >= 0.3 is 17.9 Å². The Hall–Kier alpha value is -2.41. The number of esters is 3. The van der Waals surface area contributed by atoms with E-state index in [2.05, 4.69) is 19.6 Å². The van der Waals surface area contributed by atoms with Gasteiger partial charge in [0.05, 0.1) is 11.2 Å². The van der Waals surface area contributed by atoms with Crippen molar-refractivity contribution in [3.63, 3.8) is 0 Å². The smallest absolute Gasteiger partial charge is 0.333 e. The number of rotatable bonds is 6. The van der Waals surface area contributed by atoms with Crippen molar-refractivity contribution in [2.45, 2.75) is 104 Å². The quantitative estimate of drug-likeness (QED) is 0.212. The molecule has 6 atom stereocenters. The van der Waals surface area contributed by atoms with E-state index in [1.807, 2.05) is 26.8 Å². The van der Waals surface area contributed by atoms with E-state index in [1.54, 1.807) is 19.9 Å². The fourth-order valence-corrected chi connectivity index (χ4v) is 6.89. The number of allylic oxidation sites excluding steroid dienone is 2. The highest BCUT2D eigenvalue weighted by Crippen LogP contribution is 2.67. The first kappa shape index (κ1) is 28.2. The maximum absolute atomic E-state index is 13.0. The summed E-state index contributed by atoms with van der Waals surface area (Å²) >= 11 is 0.